The zero-order chi connectivity index (χ0) is 21.1. The average molecular weight is 434 g/mol. The van der Waals surface area contributed by atoms with Crippen LogP contribution < -0.4 is 4.74 Å². The fourth-order valence-corrected chi connectivity index (χ4v) is 3.81. The van der Waals surface area contributed by atoms with E-state index in [9.17, 15) is 4.79 Å². The molecule has 0 atom stereocenters. The highest BCUT2D eigenvalue weighted by Gasteiger charge is 2.17. The quantitative estimate of drug-likeness (QED) is 0.529. The summed E-state index contributed by atoms with van der Waals surface area (Å²) in [6.07, 6.45) is 2.89. The summed E-state index contributed by atoms with van der Waals surface area (Å²) in [6, 6.07) is 5.40. The van der Waals surface area contributed by atoms with Crippen molar-refractivity contribution in [1.82, 2.24) is 24.5 Å². The smallest absolute Gasteiger partial charge is 0.253 e. The zero-order valence-electron chi connectivity index (χ0n) is 17.2. The van der Waals surface area contributed by atoms with Crippen molar-refractivity contribution in [3.63, 3.8) is 0 Å². The Morgan fingerprint density at radius 1 is 1.31 bits per heavy atom. The number of benzene rings is 1. The maximum Gasteiger partial charge on any atom is 0.253 e. The van der Waals surface area contributed by atoms with Crippen LogP contribution in [-0.2, 0) is 17.8 Å². The second-order valence-electron chi connectivity index (χ2n) is 6.78. The second-order valence-corrected chi connectivity index (χ2v) is 7.99. The Morgan fingerprint density at radius 3 is 2.76 bits per heavy atom. The van der Waals surface area contributed by atoms with Gasteiger partial charge in [-0.2, -0.15) is 4.98 Å². The molecule has 0 saturated carbocycles. The molecule has 0 unspecified atom stereocenters. The van der Waals surface area contributed by atoms with E-state index < -0.39 is 0 Å². The van der Waals surface area contributed by atoms with Crippen LogP contribution in [0.15, 0.2) is 23.4 Å². The third kappa shape index (κ3) is 4.64. The molecule has 9 heteroatoms. The van der Waals surface area contributed by atoms with Crippen molar-refractivity contribution in [1.29, 1.82) is 0 Å². The van der Waals surface area contributed by atoms with E-state index in [1.165, 1.54) is 11.8 Å². The molecule has 7 nitrogen and oxygen atoms in total. The molecular weight excluding hydrogens is 410 g/mol. The van der Waals surface area contributed by atoms with Crippen LogP contribution in [0.2, 0.25) is 5.02 Å². The summed E-state index contributed by atoms with van der Waals surface area (Å²) < 4.78 is 7.12. The summed E-state index contributed by atoms with van der Waals surface area (Å²) in [7, 11) is 3.39. The first-order chi connectivity index (χ1) is 13.8. The molecule has 154 valence electrons. The van der Waals surface area contributed by atoms with E-state index in [2.05, 4.69) is 15.1 Å². The number of ether oxygens (including phenoxy) is 1. The van der Waals surface area contributed by atoms with Gasteiger partial charge in [0.2, 0.25) is 11.1 Å². The Morgan fingerprint density at radius 2 is 2.07 bits per heavy atom. The number of thioether (sulfide) groups is 1. The number of rotatable bonds is 7. The van der Waals surface area contributed by atoms with Gasteiger partial charge in [-0.25, -0.2) is 9.50 Å². The summed E-state index contributed by atoms with van der Waals surface area (Å²) >= 11 is 7.57. The summed E-state index contributed by atoms with van der Waals surface area (Å²) in [6.45, 7) is 4.36. The summed E-state index contributed by atoms with van der Waals surface area (Å²) in [5.74, 6) is 1.34. The summed E-state index contributed by atoms with van der Waals surface area (Å²) in [5.41, 5.74) is 3.74. The molecule has 0 saturated heterocycles. The number of aryl methyl sites for hydroxylation is 2. The Kier molecular flexibility index (Phi) is 6.64. The first-order valence-electron chi connectivity index (χ1n) is 9.17. The predicted octanol–water partition coefficient (Wildman–Crippen LogP) is 3.72. The lowest BCUT2D eigenvalue weighted by atomic mass is 10.1. The van der Waals surface area contributed by atoms with Crippen LogP contribution in [0.4, 0.5) is 0 Å². The molecule has 3 rings (SSSR count). The van der Waals surface area contributed by atoms with Gasteiger partial charge in [-0.1, -0.05) is 23.4 Å². The van der Waals surface area contributed by atoms with Crippen LogP contribution >= 0.6 is 23.4 Å². The number of aromatic nitrogens is 4. The minimum atomic E-state index is 0.0364. The number of carbonyl (C=O) groups is 1. The first-order valence-corrected chi connectivity index (χ1v) is 10.8. The van der Waals surface area contributed by atoms with Crippen LogP contribution in [0.5, 0.6) is 5.75 Å². The van der Waals surface area contributed by atoms with Gasteiger partial charge in [0.15, 0.2) is 0 Å². The maximum absolute atomic E-state index is 12.7. The molecule has 0 spiro atoms. The van der Waals surface area contributed by atoms with Gasteiger partial charge in [0.25, 0.3) is 5.78 Å². The number of carbonyl (C=O) groups excluding carboxylic acids is 1. The maximum atomic E-state index is 12.7. The number of nitrogens with zero attached hydrogens (tertiary/aromatic N) is 5. The van der Waals surface area contributed by atoms with E-state index in [0.717, 1.165) is 22.5 Å². The van der Waals surface area contributed by atoms with Crippen LogP contribution in [0.1, 0.15) is 28.9 Å². The van der Waals surface area contributed by atoms with E-state index >= 15 is 0 Å². The third-order valence-corrected chi connectivity index (χ3v) is 5.65. The number of methoxy groups -OCH3 is 1. The lowest BCUT2D eigenvalue weighted by Crippen LogP contribution is -2.27. The first kappa shape index (κ1) is 21.4. The van der Waals surface area contributed by atoms with Gasteiger partial charge in [0.05, 0.1) is 7.11 Å². The number of amides is 1. The summed E-state index contributed by atoms with van der Waals surface area (Å²) in [5, 5.41) is 5.76. The molecule has 0 aliphatic carbocycles. The highest BCUT2D eigenvalue weighted by Crippen LogP contribution is 2.24. The molecule has 1 aromatic carbocycles. The third-order valence-electron chi connectivity index (χ3n) is 4.88. The van der Waals surface area contributed by atoms with Gasteiger partial charge >= 0.3 is 0 Å². The highest BCUT2D eigenvalue weighted by molar-refractivity contribution is 7.98. The minimum absolute atomic E-state index is 0.0364. The predicted molar refractivity (Wildman–Crippen MR) is 115 cm³/mol. The van der Waals surface area contributed by atoms with Gasteiger partial charge < -0.3 is 9.64 Å². The van der Waals surface area contributed by atoms with E-state index in [1.54, 1.807) is 29.6 Å². The molecule has 1 amide bonds. The van der Waals surface area contributed by atoms with Crippen molar-refractivity contribution in [2.75, 3.05) is 20.4 Å². The van der Waals surface area contributed by atoms with Crippen molar-refractivity contribution in [3.05, 3.63) is 45.7 Å². The van der Waals surface area contributed by atoms with Crippen molar-refractivity contribution in [2.45, 2.75) is 38.4 Å². The van der Waals surface area contributed by atoms with Crippen LogP contribution in [0.25, 0.3) is 5.78 Å². The van der Waals surface area contributed by atoms with Crippen molar-refractivity contribution < 1.29 is 9.53 Å². The van der Waals surface area contributed by atoms with Gasteiger partial charge in [-0.15, -0.1) is 5.10 Å². The van der Waals surface area contributed by atoms with E-state index in [0.29, 0.717) is 41.1 Å². The topological polar surface area (TPSA) is 72.6 Å². The Labute approximate surface area is 179 Å². The standard InChI is InChI=1S/C20H24ClN5O2S/c1-12-16(13(2)26-19(22-12)23-20(24-26)29-5)7-9-18(27)25(3)11-14-10-15(21)6-8-17(14)28-4/h6,8,10H,7,9,11H2,1-5H3. The number of halogens is 1. The van der Waals surface area contributed by atoms with Crippen molar-refractivity contribution in [2.24, 2.45) is 0 Å². The van der Waals surface area contributed by atoms with Gasteiger partial charge in [-0.3, -0.25) is 4.79 Å². The largest absolute Gasteiger partial charge is 0.496 e. The molecule has 2 heterocycles. The Bertz CT molecular complexity index is 1050. The number of hydrogen-bond donors (Lipinski definition) is 0. The van der Waals surface area contributed by atoms with Gasteiger partial charge in [0, 0.05) is 42.0 Å². The fourth-order valence-electron chi connectivity index (χ4n) is 3.28. The van der Waals surface area contributed by atoms with E-state index in [1.807, 2.05) is 32.2 Å². The molecule has 0 N–H and O–H groups in total. The average Bonchev–Trinajstić information content (AvgIpc) is 3.11. The van der Waals surface area contributed by atoms with Crippen LogP contribution in [-0.4, -0.2) is 50.8 Å². The Balaban J connectivity index is 1.72. The van der Waals surface area contributed by atoms with E-state index in [4.69, 9.17) is 16.3 Å². The number of fused-ring (bicyclic) bond motifs is 1. The monoisotopic (exact) mass is 433 g/mol. The Hall–Kier alpha value is -2.32. The molecular formula is C20H24ClN5O2S. The highest BCUT2D eigenvalue weighted by atomic mass is 35.5. The molecule has 0 aliphatic heterocycles. The van der Waals surface area contributed by atoms with Crippen LogP contribution in [0, 0.1) is 13.8 Å². The molecule has 0 radical (unpaired) electrons. The summed E-state index contributed by atoms with van der Waals surface area (Å²) in [4.78, 5) is 23.4. The molecule has 29 heavy (non-hydrogen) atoms. The van der Waals surface area contributed by atoms with Crippen LogP contribution in [0.3, 0.4) is 0 Å². The molecule has 0 aliphatic rings. The lowest BCUT2D eigenvalue weighted by molar-refractivity contribution is -0.130. The zero-order valence-corrected chi connectivity index (χ0v) is 18.8. The minimum Gasteiger partial charge on any atom is -0.496 e. The van der Waals surface area contributed by atoms with Gasteiger partial charge in [0.1, 0.15) is 5.75 Å². The molecule has 3 aromatic rings. The molecule has 0 bridgehead atoms. The van der Waals surface area contributed by atoms with Crippen molar-refractivity contribution in [3.8, 4) is 5.75 Å². The molecule has 2 aromatic heterocycles. The SMILES string of the molecule is COc1ccc(Cl)cc1CN(C)C(=O)CCc1c(C)nc2nc(SC)nn2c1C. The number of hydrogen-bond acceptors (Lipinski definition) is 6. The van der Waals surface area contributed by atoms with Gasteiger partial charge in [-0.05, 0) is 50.3 Å². The van der Waals surface area contributed by atoms with Crippen molar-refractivity contribution >= 4 is 35.0 Å². The van der Waals surface area contributed by atoms with E-state index in [-0.39, 0.29) is 5.91 Å². The normalized spacial score (nSPS) is 11.1. The lowest BCUT2D eigenvalue weighted by Gasteiger charge is -2.19. The fraction of sp³-hybridized carbons (Fsp3) is 0.400. The second kappa shape index (κ2) is 9.00. The molecule has 0 fully saturated rings.